The van der Waals surface area contributed by atoms with E-state index in [1.165, 1.54) is 4.90 Å². The number of nitrogens with zero attached hydrogens (tertiary/aromatic N) is 1. The second kappa shape index (κ2) is 12.3. The number of nitrogens with one attached hydrogen (secondary N) is 2. The molecule has 0 saturated carbocycles. The van der Waals surface area contributed by atoms with Crippen molar-refractivity contribution >= 4 is 23.7 Å². The molecular formula is C29H35N3O7. The first-order valence-electron chi connectivity index (χ1n) is 13.1. The molecule has 2 aromatic rings. The summed E-state index contributed by atoms with van der Waals surface area (Å²) in [6, 6.07) is 10.7. The molecule has 39 heavy (non-hydrogen) atoms. The topological polar surface area (TPSA) is 123 Å². The number of aryl methyl sites for hydroxylation is 2. The van der Waals surface area contributed by atoms with E-state index in [0.717, 1.165) is 16.7 Å². The average molecular weight is 538 g/mol. The van der Waals surface area contributed by atoms with Gasteiger partial charge in [0.2, 0.25) is 18.1 Å². The molecule has 3 amide bonds. The molecule has 2 aliphatic heterocycles. The molecule has 2 fully saturated rings. The highest BCUT2D eigenvalue weighted by Gasteiger charge is 2.41. The van der Waals surface area contributed by atoms with Crippen LogP contribution in [0.1, 0.15) is 53.2 Å². The van der Waals surface area contributed by atoms with E-state index in [-0.39, 0.29) is 30.7 Å². The summed E-state index contributed by atoms with van der Waals surface area (Å²) in [4.78, 5) is 52.9. The van der Waals surface area contributed by atoms with Crippen LogP contribution in [-0.2, 0) is 30.5 Å². The van der Waals surface area contributed by atoms with Crippen LogP contribution in [0.3, 0.4) is 0 Å². The Balaban J connectivity index is 1.36. The van der Waals surface area contributed by atoms with Gasteiger partial charge in [-0.1, -0.05) is 30.3 Å². The molecule has 208 valence electrons. The highest BCUT2D eigenvalue weighted by Crippen LogP contribution is 2.25. The molecule has 10 heteroatoms. The molecule has 0 aromatic heterocycles. The van der Waals surface area contributed by atoms with E-state index >= 15 is 0 Å². The second-order valence-electron chi connectivity index (χ2n) is 10.0. The Kier molecular flexibility index (Phi) is 8.86. The number of hydrogen-bond acceptors (Lipinski definition) is 7. The highest BCUT2D eigenvalue weighted by atomic mass is 16.7. The molecule has 10 nitrogen and oxygen atoms in total. The lowest BCUT2D eigenvalue weighted by Gasteiger charge is -2.28. The lowest BCUT2D eigenvalue weighted by atomic mass is 10.0. The minimum absolute atomic E-state index is 0.0149. The Bertz CT molecular complexity index is 1210. The molecule has 4 atom stereocenters. The van der Waals surface area contributed by atoms with E-state index < -0.39 is 30.4 Å². The Morgan fingerprint density at radius 1 is 1.13 bits per heavy atom. The number of rotatable bonds is 9. The fourth-order valence-electron chi connectivity index (χ4n) is 5.13. The number of likely N-dealkylation sites (tertiary alicyclic amines) is 1. The molecule has 2 saturated heterocycles. The summed E-state index contributed by atoms with van der Waals surface area (Å²) in [5, 5.41) is 5.60. The fraction of sp³-hybridized carbons (Fsp3) is 0.448. The van der Waals surface area contributed by atoms with E-state index in [9.17, 15) is 19.2 Å². The molecule has 2 aromatic carbocycles. The third kappa shape index (κ3) is 6.57. The first-order chi connectivity index (χ1) is 18.7. The maximum Gasteiger partial charge on any atom is 0.310 e. The number of carbonyl (C=O) groups is 4. The lowest BCUT2D eigenvalue weighted by Crippen LogP contribution is -2.54. The predicted molar refractivity (Wildman–Crippen MR) is 142 cm³/mol. The SMILES string of the molecule is COc1c(C)cc(C(=O)NC(C)C(=O)N2CCCC2C(=O)NC2CC(=O)OC2OCc2ccccc2)cc1C. The molecule has 4 rings (SSSR count). The standard InChI is InChI=1S/C29H35N3O7/c1-17-13-21(14-18(2)25(17)37-4)26(34)30-19(3)28(36)32-12-8-11-23(32)27(35)31-22-15-24(33)39-29(22)38-16-20-9-6-5-7-10-20/h5-7,9-10,13-14,19,22-23,29H,8,11-12,15-16H2,1-4H3,(H,30,34)(H,31,35). The second-order valence-corrected chi connectivity index (χ2v) is 10.0. The van der Waals surface area contributed by atoms with Crippen molar-refractivity contribution in [3.05, 3.63) is 64.7 Å². The lowest BCUT2D eigenvalue weighted by molar-refractivity contribution is -0.168. The monoisotopic (exact) mass is 537 g/mol. The number of amides is 3. The minimum Gasteiger partial charge on any atom is -0.496 e. The third-order valence-electron chi connectivity index (χ3n) is 7.03. The number of methoxy groups -OCH3 is 1. The number of ether oxygens (including phenoxy) is 3. The number of hydrogen-bond donors (Lipinski definition) is 2. The first-order valence-corrected chi connectivity index (χ1v) is 13.1. The summed E-state index contributed by atoms with van der Waals surface area (Å²) in [6.07, 6.45) is 0.197. The zero-order valence-corrected chi connectivity index (χ0v) is 22.7. The minimum atomic E-state index is -0.915. The van der Waals surface area contributed by atoms with Crippen molar-refractivity contribution in [3.8, 4) is 5.75 Å². The van der Waals surface area contributed by atoms with E-state index in [1.807, 2.05) is 44.2 Å². The van der Waals surface area contributed by atoms with Crippen LogP contribution in [0.25, 0.3) is 0 Å². The van der Waals surface area contributed by atoms with Crippen molar-refractivity contribution in [2.24, 2.45) is 0 Å². The molecule has 2 heterocycles. The van der Waals surface area contributed by atoms with Crippen LogP contribution in [0.15, 0.2) is 42.5 Å². The van der Waals surface area contributed by atoms with Crippen LogP contribution in [0.4, 0.5) is 0 Å². The Hall–Kier alpha value is -3.92. The Labute approximate surface area is 228 Å². The van der Waals surface area contributed by atoms with Gasteiger partial charge >= 0.3 is 5.97 Å². The quantitative estimate of drug-likeness (QED) is 0.471. The highest BCUT2D eigenvalue weighted by molar-refractivity contribution is 5.99. The molecule has 0 spiro atoms. The van der Waals surface area contributed by atoms with Gasteiger partial charge in [-0.25, -0.2) is 0 Å². The van der Waals surface area contributed by atoms with Crippen LogP contribution >= 0.6 is 0 Å². The van der Waals surface area contributed by atoms with Crippen molar-refractivity contribution in [2.45, 2.75) is 71.1 Å². The van der Waals surface area contributed by atoms with Crippen molar-refractivity contribution < 1.29 is 33.4 Å². The van der Waals surface area contributed by atoms with Crippen molar-refractivity contribution in [2.75, 3.05) is 13.7 Å². The van der Waals surface area contributed by atoms with Gasteiger partial charge in [-0.3, -0.25) is 19.2 Å². The summed E-state index contributed by atoms with van der Waals surface area (Å²) < 4.78 is 16.4. The first kappa shape index (κ1) is 28.1. The summed E-state index contributed by atoms with van der Waals surface area (Å²) in [5.41, 5.74) is 2.97. The maximum absolute atomic E-state index is 13.3. The molecule has 4 unspecified atom stereocenters. The molecule has 0 bridgehead atoms. The van der Waals surface area contributed by atoms with Gasteiger partial charge in [0.1, 0.15) is 23.9 Å². The Morgan fingerprint density at radius 3 is 2.49 bits per heavy atom. The van der Waals surface area contributed by atoms with E-state index in [4.69, 9.17) is 14.2 Å². The summed E-state index contributed by atoms with van der Waals surface area (Å²) in [7, 11) is 1.58. The number of carbonyl (C=O) groups excluding carboxylic acids is 4. The molecular weight excluding hydrogens is 502 g/mol. The van der Waals surface area contributed by atoms with E-state index in [2.05, 4.69) is 10.6 Å². The molecule has 2 aliphatic rings. The van der Waals surface area contributed by atoms with Gasteiger partial charge in [0.15, 0.2) is 0 Å². The van der Waals surface area contributed by atoms with Gasteiger partial charge < -0.3 is 29.7 Å². The summed E-state index contributed by atoms with van der Waals surface area (Å²) in [6.45, 7) is 5.93. The van der Waals surface area contributed by atoms with Gasteiger partial charge in [0.05, 0.1) is 20.1 Å². The van der Waals surface area contributed by atoms with Gasteiger partial charge in [-0.15, -0.1) is 0 Å². The van der Waals surface area contributed by atoms with Gasteiger partial charge in [-0.2, -0.15) is 0 Å². The van der Waals surface area contributed by atoms with Crippen molar-refractivity contribution in [1.29, 1.82) is 0 Å². The fourth-order valence-corrected chi connectivity index (χ4v) is 5.13. The van der Waals surface area contributed by atoms with Crippen LogP contribution in [0.2, 0.25) is 0 Å². The Morgan fingerprint density at radius 2 is 1.82 bits per heavy atom. The van der Waals surface area contributed by atoms with E-state index in [0.29, 0.717) is 30.7 Å². The number of benzene rings is 2. The van der Waals surface area contributed by atoms with Crippen LogP contribution in [0, 0.1) is 13.8 Å². The zero-order chi connectivity index (χ0) is 28.1. The predicted octanol–water partition coefficient (Wildman–Crippen LogP) is 2.40. The zero-order valence-electron chi connectivity index (χ0n) is 22.7. The largest absolute Gasteiger partial charge is 0.496 e. The van der Waals surface area contributed by atoms with Crippen LogP contribution in [0.5, 0.6) is 5.75 Å². The van der Waals surface area contributed by atoms with Crippen LogP contribution < -0.4 is 15.4 Å². The van der Waals surface area contributed by atoms with E-state index in [1.54, 1.807) is 26.2 Å². The molecule has 0 radical (unpaired) electrons. The molecule has 2 N–H and O–H groups in total. The van der Waals surface area contributed by atoms with Crippen LogP contribution in [-0.4, -0.2) is 66.7 Å². The number of cyclic esters (lactones) is 1. The number of esters is 1. The summed E-state index contributed by atoms with van der Waals surface area (Å²) >= 11 is 0. The van der Waals surface area contributed by atoms with Gasteiger partial charge in [0.25, 0.3) is 5.91 Å². The maximum atomic E-state index is 13.3. The van der Waals surface area contributed by atoms with Gasteiger partial charge in [-0.05, 0) is 62.4 Å². The molecule has 0 aliphatic carbocycles. The van der Waals surface area contributed by atoms with Crippen molar-refractivity contribution in [1.82, 2.24) is 15.5 Å². The summed E-state index contributed by atoms with van der Waals surface area (Å²) in [5.74, 6) is -0.859. The smallest absolute Gasteiger partial charge is 0.310 e. The third-order valence-corrected chi connectivity index (χ3v) is 7.03. The van der Waals surface area contributed by atoms with Gasteiger partial charge in [0, 0.05) is 12.1 Å². The average Bonchev–Trinajstić information content (AvgIpc) is 3.53. The van der Waals surface area contributed by atoms with Crippen molar-refractivity contribution in [3.63, 3.8) is 0 Å². The normalized spacial score (nSPS) is 21.3.